The first-order chi connectivity index (χ1) is 8.58. The van der Waals surface area contributed by atoms with Crippen LogP contribution >= 0.6 is 0 Å². The molecule has 0 saturated heterocycles. The maximum atomic E-state index is 10.5. The van der Waals surface area contributed by atoms with E-state index in [-0.39, 0.29) is 25.7 Å². The van der Waals surface area contributed by atoms with E-state index in [1.165, 1.54) is 0 Å². The van der Waals surface area contributed by atoms with E-state index in [1.807, 2.05) is 0 Å². The van der Waals surface area contributed by atoms with Gasteiger partial charge in [0.1, 0.15) is 6.73 Å². The lowest BCUT2D eigenvalue weighted by Crippen LogP contribution is -2.18. The summed E-state index contributed by atoms with van der Waals surface area (Å²) < 4.78 is 7.17. The highest BCUT2D eigenvalue weighted by atomic mass is 16.5. The van der Waals surface area contributed by atoms with Gasteiger partial charge in [-0.3, -0.25) is 9.59 Å². The van der Waals surface area contributed by atoms with Crippen LogP contribution in [0.4, 0.5) is 0 Å². The molecule has 2 N–H and O–H groups in total. The quantitative estimate of drug-likeness (QED) is 0.682. The molecule has 0 bridgehead atoms. The smallest absolute Gasteiger partial charge is 0.303 e. The lowest BCUT2D eigenvalue weighted by atomic mass is 10.1. The molecule has 0 spiro atoms. The molecule has 0 unspecified atom stereocenters. The van der Waals surface area contributed by atoms with E-state index in [0.29, 0.717) is 12.8 Å². The second-order valence-corrected chi connectivity index (χ2v) is 3.86. The second kappa shape index (κ2) is 7.44. The van der Waals surface area contributed by atoms with Crippen molar-refractivity contribution in [3.05, 3.63) is 18.7 Å². The molecular formula is C11H16N2O5. The van der Waals surface area contributed by atoms with Gasteiger partial charge in [0.2, 0.25) is 0 Å². The Morgan fingerprint density at radius 3 is 2.28 bits per heavy atom. The first-order valence-electron chi connectivity index (χ1n) is 5.59. The molecule has 1 aromatic heterocycles. The highest BCUT2D eigenvalue weighted by Gasteiger charge is 2.13. The number of carboxylic acids is 2. The van der Waals surface area contributed by atoms with Crippen LogP contribution in [0.15, 0.2) is 18.7 Å². The number of rotatable bonds is 9. The molecule has 0 aliphatic heterocycles. The average molecular weight is 256 g/mol. The van der Waals surface area contributed by atoms with Crippen LogP contribution in [0.5, 0.6) is 0 Å². The predicted octanol–water partition coefficient (Wildman–Crippen LogP) is 0.955. The third-order valence-corrected chi connectivity index (χ3v) is 2.38. The molecular weight excluding hydrogens is 240 g/mol. The van der Waals surface area contributed by atoms with Crippen LogP contribution in [-0.2, 0) is 21.1 Å². The highest BCUT2D eigenvalue weighted by Crippen LogP contribution is 2.11. The minimum absolute atomic E-state index is 0.0335. The van der Waals surface area contributed by atoms with Crippen molar-refractivity contribution in [1.82, 2.24) is 9.55 Å². The summed E-state index contributed by atoms with van der Waals surface area (Å²) in [6.07, 6.45) is 5.06. The number of nitrogens with zero attached hydrogens (tertiary/aromatic N) is 2. The van der Waals surface area contributed by atoms with Crippen LogP contribution < -0.4 is 0 Å². The fraction of sp³-hybridized carbons (Fsp3) is 0.545. The molecule has 100 valence electrons. The van der Waals surface area contributed by atoms with Gasteiger partial charge in [-0.05, 0) is 12.8 Å². The number of ether oxygens (including phenoxy) is 1. The SMILES string of the molecule is O=C(O)CCC(CCC(=O)O)OCn1ccnc1. The van der Waals surface area contributed by atoms with Gasteiger partial charge in [-0.2, -0.15) is 0 Å². The topological polar surface area (TPSA) is 102 Å². The zero-order valence-electron chi connectivity index (χ0n) is 9.86. The van der Waals surface area contributed by atoms with Crippen LogP contribution in [0.2, 0.25) is 0 Å². The molecule has 7 nitrogen and oxygen atoms in total. The first-order valence-corrected chi connectivity index (χ1v) is 5.59. The Hall–Kier alpha value is -1.89. The van der Waals surface area contributed by atoms with Crippen LogP contribution in [-0.4, -0.2) is 37.8 Å². The summed E-state index contributed by atoms with van der Waals surface area (Å²) in [7, 11) is 0. The van der Waals surface area contributed by atoms with Gasteiger partial charge < -0.3 is 19.5 Å². The van der Waals surface area contributed by atoms with Crippen LogP contribution in [0.3, 0.4) is 0 Å². The van der Waals surface area contributed by atoms with Gasteiger partial charge >= 0.3 is 11.9 Å². The fourth-order valence-electron chi connectivity index (χ4n) is 1.43. The van der Waals surface area contributed by atoms with Gasteiger partial charge in [0, 0.05) is 25.2 Å². The van der Waals surface area contributed by atoms with Gasteiger partial charge in [0.15, 0.2) is 0 Å². The number of hydrogen-bond donors (Lipinski definition) is 2. The lowest BCUT2D eigenvalue weighted by Gasteiger charge is -2.16. The Morgan fingerprint density at radius 1 is 1.22 bits per heavy atom. The van der Waals surface area contributed by atoms with Crippen molar-refractivity contribution in [2.24, 2.45) is 0 Å². The van der Waals surface area contributed by atoms with E-state index < -0.39 is 11.9 Å². The van der Waals surface area contributed by atoms with Gasteiger partial charge in [0.05, 0.1) is 12.4 Å². The van der Waals surface area contributed by atoms with E-state index in [0.717, 1.165) is 0 Å². The van der Waals surface area contributed by atoms with Crippen LogP contribution in [0, 0.1) is 0 Å². The van der Waals surface area contributed by atoms with Gasteiger partial charge in [-0.25, -0.2) is 4.98 Å². The molecule has 1 aromatic rings. The maximum absolute atomic E-state index is 10.5. The molecule has 0 aromatic carbocycles. The summed E-state index contributed by atoms with van der Waals surface area (Å²) >= 11 is 0. The molecule has 0 saturated carbocycles. The Balaban J connectivity index is 2.37. The third-order valence-electron chi connectivity index (χ3n) is 2.38. The summed E-state index contributed by atoms with van der Waals surface area (Å²) in [4.78, 5) is 24.8. The lowest BCUT2D eigenvalue weighted by molar-refractivity contribution is -0.138. The zero-order chi connectivity index (χ0) is 13.4. The number of imidazole rings is 1. The van der Waals surface area contributed by atoms with Crippen molar-refractivity contribution >= 4 is 11.9 Å². The van der Waals surface area contributed by atoms with Crippen molar-refractivity contribution in [1.29, 1.82) is 0 Å². The highest BCUT2D eigenvalue weighted by molar-refractivity contribution is 5.67. The molecule has 1 heterocycles. The summed E-state index contributed by atoms with van der Waals surface area (Å²) in [5.41, 5.74) is 0. The molecule has 0 amide bonds. The normalized spacial score (nSPS) is 10.7. The molecule has 0 radical (unpaired) electrons. The number of carboxylic acid groups (broad SMARTS) is 2. The Bertz CT molecular complexity index is 359. The minimum Gasteiger partial charge on any atom is -0.481 e. The molecule has 0 atom stereocenters. The number of aromatic nitrogens is 2. The van der Waals surface area contributed by atoms with Crippen molar-refractivity contribution in [3.63, 3.8) is 0 Å². The number of carbonyl (C=O) groups is 2. The average Bonchev–Trinajstić information content (AvgIpc) is 2.80. The third kappa shape index (κ3) is 6.00. The number of hydrogen-bond acceptors (Lipinski definition) is 4. The van der Waals surface area contributed by atoms with Gasteiger partial charge in [-0.1, -0.05) is 0 Å². The molecule has 0 aliphatic carbocycles. The van der Waals surface area contributed by atoms with Crippen molar-refractivity contribution in [3.8, 4) is 0 Å². The Kier molecular flexibility index (Phi) is 5.86. The summed E-state index contributed by atoms with van der Waals surface area (Å²) in [6, 6.07) is 0. The summed E-state index contributed by atoms with van der Waals surface area (Å²) in [6.45, 7) is 0.240. The van der Waals surface area contributed by atoms with E-state index in [1.54, 1.807) is 23.3 Å². The fourth-order valence-corrected chi connectivity index (χ4v) is 1.43. The van der Waals surface area contributed by atoms with Crippen molar-refractivity contribution < 1.29 is 24.5 Å². The Morgan fingerprint density at radius 2 is 1.83 bits per heavy atom. The summed E-state index contributed by atoms with van der Waals surface area (Å²) in [5.74, 6) is -1.83. The molecule has 1 rings (SSSR count). The monoisotopic (exact) mass is 256 g/mol. The molecule has 7 heteroatoms. The van der Waals surface area contributed by atoms with E-state index in [2.05, 4.69) is 4.98 Å². The van der Waals surface area contributed by atoms with Gasteiger partial charge in [-0.15, -0.1) is 0 Å². The predicted molar refractivity (Wildman–Crippen MR) is 60.8 cm³/mol. The van der Waals surface area contributed by atoms with Gasteiger partial charge in [0.25, 0.3) is 0 Å². The van der Waals surface area contributed by atoms with Crippen LogP contribution in [0.1, 0.15) is 25.7 Å². The van der Waals surface area contributed by atoms with Crippen LogP contribution in [0.25, 0.3) is 0 Å². The van der Waals surface area contributed by atoms with E-state index >= 15 is 0 Å². The molecule has 18 heavy (non-hydrogen) atoms. The van der Waals surface area contributed by atoms with E-state index in [4.69, 9.17) is 14.9 Å². The van der Waals surface area contributed by atoms with Crippen molar-refractivity contribution in [2.75, 3.05) is 0 Å². The van der Waals surface area contributed by atoms with Crippen molar-refractivity contribution in [2.45, 2.75) is 38.5 Å². The maximum Gasteiger partial charge on any atom is 0.303 e. The summed E-state index contributed by atoms with van der Waals surface area (Å²) in [5, 5.41) is 17.2. The second-order valence-electron chi connectivity index (χ2n) is 3.86. The van der Waals surface area contributed by atoms with E-state index in [9.17, 15) is 9.59 Å². The minimum atomic E-state index is -0.915. The molecule has 0 fully saturated rings. The number of aliphatic carboxylic acids is 2. The largest absolute Gasteiger partial charge is 0.481 e. The molecule has 0 aliphatic rings. The zero-order valence-corrected chi connectivity index (χ0v) is 9.86. The first kappa shape index (κ1) is 14.2. The Labute approximate surface area is 104 Å². The standard InChI is InChI=1S/C11H16N2O5/c14-10(15)3-1-9(2-4-11(16)17)18-8-13-6-5-12-7-13/h5-7,9H,1-4,8H2,(H,14,15)(H,16,17).